The van der Waals surface area contributed by atoms with Crippen LogP contribution in [-0.4, -0.2) is 12.1 Å². The lowest BCUT2D eigenvalue weighted by Crippen LogP contribution is -2.44. The second-order valence-electron chi connectivity index (χ2n) is 4.05. The van der Waals surface area contributed by atoms with Gasteiger partial charge in [0, 0.05) is 5.54 Å². The summed E-state index contributed by atoms with van der Waals surface area (Å²) in [6.45, 7) is 8.53. The van der Waals surface area contributed by atoms with Crippen molar-refractivity contribution in [3.63, 3.8) is 0 Å². The number of unbranched alkanes of at least 4 members (excludes halogenated alkanes) is 2. The number of hydrogen-bond acceptors (Lipinski definition) is 2. The van der Waals surface area contributed by atoms with Crippen LogP contribution in [0.5, 0.6) is 0 Å². The molecule has 0 aromatic rings. The number of ether oxygens (including phenoxy) is 1. The minimum absolute atomic E-state index is 0.139. The molecular formula is C12H25NO. The third-order valence-electron chi connectivity index (χ3n) is 2.55. The van der Waals surface area contributed by atoms with Crippen molar-refractivity contribution in [2.24, 2.45) is 5.73 Å². The van der Waals surface area contributed by atoms with Gasteiger partial charge >= 0.3 is 0 Å². The molecule has 14 heavy (non-hydrogen) atoms. The molecule has 0 radical (unpaired) electrons. The van der Waals surface area contributed by atoms with Gasteiger partial charge in [-0.3, -0.25) is 0 Å². The minimum Gasteiger partial charge on any atom is -0.500 e. The molecule has 0 aliphatic heterocycles. The van der Waals surface area contributed by atoms with Crippen molar-refractivity contribution in [1.29, 1.82) is 0 Å². The van der Waals surface area contributed by atoms with Gasteiger partial charge in [-0.15, -0.1) is 0 Å². The van der Waals surface area contributed by atoms with Gasteiger partial charge in [-0.1, -0.05) is 46.1 Å². The van der Waals surface area contributed by atoms with Crippen molar-refractivity contribution >= 4 is 0 Å². The summed E-state index contributed by atoms with van der Waals surface area (Å²) in [6.07, 6.45) is 8.34. The van der Waals surface area contributed by atoms with Gasteiger partial charge in [0.1, 0.15) is 6.61 Å². The molecule has 0 heterocycles. The van der Waals surface area contributed by atoms with E-state index >= 15 is 0 Å². The third kappa shape index (κ3) is 6.03. The lowest BCUT2D eigenvalue weighted by Gasteiger charge is -2.28. The molecule has 0 bridgehead atoms. The molecular weight excluding hydrogens is 174 g/mol. The third-order valence-corrected chi connectivity index (χ3v) is 2.55. The summed E-state index contributed by atoms with van der Waals surface area (Å²) in [5.74, 6) is 0. The Balaban J connectivity index is 3.95. The molecule has 0 atom stereocenters. The van der Waals surface area contributed by atoms with Crippen LogP contribution < -0.4 is 5.73 Å². The quantitative estimate of drug-likeness (QED) is 0.579. The lowest BCUT2D eigenvalue weighted by atomic mass is 9.89. The van der Waals surface area contributed by atoms with Gasteiger partial charge in [-0.2, -0.15) is 0 Å². The van der Waals surface area contributed by atoms with E-state index in [1.807, 2.05) is 0 Å². The first-order valence-electron chi connectivity index (χ1n) is 5.70. The smallest absolute Gasteiger partial charge is 0.105 e. The zero-order valence-corrected chi connectivity index (χ0v) is 9.72. The van der Waals surface area contributed by atoms with Crippen LogP contribution in [0.15, 0.2) is 12.8 Å². The fourth-order valence-electron chi connectivity index (χ4n) is 1.55. The average Bonchev–Trinajstić information content (AvgIpc) is 2.21. The SMILES string of the molecule is C=COCC(N)(CCCC)CCCC. The van der Waals surface area contributed by atoms with Crippen LogP contribution in [0.2, 0.25) is 0 Å². The number of hydrogen-bond donors (Lipinski definition) is 1. The zero-order valence-electron chi connectivity index (χ0n) is 9.72. The highest BCUT2D eigenvalue weighted by Gasteiger charge is 2.23. The van der Waals surface area contributed by atoms with Gasteiger partial charge in [0.2, 0.25) is 0 Å². The topological polar surface area (TPSA) is 35.2 Å². The standard InChI is InChI=1S/C12H25NO/c1-4-7-9-12(13,10-8-5-2)11-14-6-3/h6H,3-5,7-11,13H2,1-2H3. The first-order chi connectivity index (χ1) is 6.68. The Morgan fingerprint density at radius 1 is 1.21 bits per heavy atom. The molecule has 0 spiro atoms. The summed E-state index contributed by atoms with van der Waals surface area (Å²) in [5, 5.41) is 0. The van der Waals surface area contributed by atoms with E-state index in [9.17, 15) is 0 Å². The molecule has 0 amide bonds. The molecule has 0 saturated heterocycles. The maximum atomic E-state index is 6.28. The van der Waals surface area contributed by atoms with E-state index in [1.54, 1.807) is 0 Å². The fourth-order valence-corrected chi connectivity index (χ4v) is 1.55. The van der Waals surface area contributed by atoms with Crippen molar-refractivity contribution in [1.82, 2.24) is 0 Å². The van der Waals surface area contributed by atoms with Crippen molar-refractivity contribution in [3.8, 4) is 0 Å². The predicted molar refractivity (Wildman–Crippen MR) is 62.1 cm³/mol. The van der Waals surface area contributed by atoms with Gasteiger partial charge in [0.15, 0.2) is 0 Å². The molecule has 0 saturated carbocycles. The summed E-state index contributed by atoms with van der Waals surface area (Å²) in [7, 11) is 0. The molecule has 0 unspecified atom stereocenters. The normalized spacial score (nSPS) is 11.4. The largest absolute Gasteiger partial charge is 0.500 e. The molecule has 0 aliphatic carbocycles. The van der Waals surface area contributed by atoms with E-state index in [2.05, 4.69) is 20.4 Å². The van der Waals surface area contributed by atoms with Crippen LogP contribution in [0.4, 0.5) is 0 Å². The van der Waals surface area contributed by atoms with Crippen molar-refractivity contribution in [2.75, 3.05) is 6.61 Å². The second-order valence-corrected chi connectivity index (χ2v) is 4.05. The second kappa shape index (κ2) is 7.86. The highest BCUT2D eigenvalue weighted by atomic mass is 16.5. The minimum atomic E-state index is -0.139. The van der Waals surface area contributed by atoms with Crippen LogP contribution in [0, 0.1) is 0 Å². The lowest BCUT2D eigenvalue weighted by molar-refractivity contribution is 0.151. The molecule has 2 N–H and O–H groups in total. The van der Waals surface area contributed by atoms with E-state index < -0.39 is 0 Å². The van der Waals surface area contributed by atoms with Crippen molar-refractivity contribution in [2.45, 2.75) is 57.9 Å². The molecule has 0 aliphatic rings. The van der Waals surface area contributed by atoms with Gasteiger partial charge in [0.05, 0.1) is 6.26 Å². The van der Waals surface area contributed by atoms with Gasteiger partial charge in [-0.25, -0.2) is 0 Å². The Bertz CT molecular complexity index is 137. The van der Waals surface area contributed by atoms with E-state index in [0.717, 1.165) is 12.8 Å². The van der Waals surface area contributed by atoms with Gasteiger partial charge < -0.3 is 10.5 Å². The molecule has 0 fully saturated rings. The van der Waals surface area contributed by atoms with Crippen LogP contribution in [0.1, 0.15) is 52.4 Å². The Morgan fingerprint density at radius 2 is 1.71 bits per heavy atom. The molecule has 0 rings (SSSR count). The number of nitrogens with two attached hydrogens (primary N) is 1. The Hall–Kier alpha value is -0.500. The average molecular weight is 199 g/mol. The molecule has 2 nitrogen and oxygen atoms in total. The maximum absolute atomic E-state index is 6.28. The predicted octanol–water partition coefficient (Wildman–Crippen LogP) is 3.22. The Kier molecular flexibility index (Phi) is 7.58. The van der Waals surface area contributed by atoms with Crippen molar-refractivity contribution < 1.29 is 4.74 Å². The Labute approximate surface area is 88.5 Å². The molecule has 2 heteroatoms. The highest BCUT2D eigenvalue weighted by molar-refractivity contribution is 4.84. The zero-order chi connectivity index (χ0) is 10.9. The summed E-state index contributed by atoms with van der Waals surface area (Å²) in [4.78, 5) is 0. The monoisotopic (exact) mass is 199 g/mol. The highest BCUT2D eigenvalue weighted by Crippen LogP contribution is 2.19. The van der Waals surface area contributed by atoms with E-state index in [4.69, 9.17) is 10.5 Å². The molecule has 84 valence electrons. The summed E-state index contributed by atoms with van der Waals surface area (Å²) < 4.78 is 5.23. The van der Waals surface area contributed by atoms with Crippen molar-refractivity contribution in [3.05, 3.63) is 12.8 Å². The Morgan fingerprint density at radius 3 is 2.07 bits per heavy atom. The molecule has 0 aromatic heterocycles. The number of rotatable bonds is 9. The summed E-state index contributed by atoms with van der Waals surface area (Å²) >= 11 is 0. The van der Waals surface area contributed by atoms with Gasteiger partial charge in [0.25, 0.3) is 0 Å². The van der Waals surface area contributed by atoms with E-state index in [-0.39, 0.29) is 5.54 Å². The van der Waals surface area contributed by atoms with Crippen LogP contribution in [-0.2, 0) is 4.74 Å². The summed E-state index contributed by atoms with van der Waals surface area (Å²) in [5.41, 5.74) is 6.14. The first-order valence-corrected chi connectivity index (χ1v) is 5.70. The summed E-state index contributed by atoms with van der Waals surface area (Å²) in [6, 6.07) is 0. The maximum Gasteiger partial charge on any atom is 0.105 e. The van der Waals surface area contributed by atoms with Crippen LogP contribution >= 0.6 is 0 Å². The van der Waals surface area contributed by atoms with E-state index in [0.29, 0.717) is 6.61 Å². The molecule has 0 aromatic carbocycles. The fraction of sp³-hybridized carbons (Fsp3) is 0.833. The van der Waals surface area contributed by atoms with Crippen LogP contribution in [0.25, 0.3) is 0 Å². The van der Waals surface area contributed by atoms with Gasteiger partial charge in [-0.05, 0) is 12.8 Å². The van der Waals surface area contributed by atoms with E-state index in [1.165, 1.54) is 31.9 Å². The van der Waals surface area contributed by atoms with Crippen LogP contribution in [0.3, 0.4) is 0 Å². The first kappa shape index (κ1) is 13.5.